The zero-order valence-corrected chi connectivity index (χ0v) is 8.86. The first-order valence-electron chi connectivity index (χ1n) is 4.64. The second kappa shape index (κ2) is 5.89. The van der Waals surface area contributed by atoms with Gasteiger partial charge in [-0.1, -0.05) is 6.07 Å². The highest BCUT2D eigenvalue weighted by molar-refractivity contribution is 5.32. The molecule has 0 aliphatic carbocycles. The van der Waals surface area contributed by atoms with E-state index < -0.39 is 0 Å². The van der Waals surface area contributed by atoms with Crippen molar-refractivity contribution in [1.82, 2.24) is 5.32 Å². The van der Waals surface area contributed by atoms with E-state index in [4.69, 9.17) is 14.7 Å². The van der Waals surface area contributed by atoms with E-state index in [1.165, 1.54) is 0 Å². The van der Waals surface area contributed by atoms with Crippen LogP contribution in [-0.2, 0) is 0 Å². The summed E-state index contributed by atoms with van der Waals surface area (Å²) >= 11 is 0. The number of likely N-dealkylation sites (N-methyl/N-ethyl adjacent to an activating group) is 1. The van der Waals surface area contributed by atoms with Crippen LogP contribution in [0.15, 0.2) is 24.3 Å². The van der Waals surface area contributed by atoms with Crippen molar-refractivity contribution < 1.29 is 9.47 Å². The van der Waals surface area contributed by atoms with Crippen LogP contribution in [0.4, 0.5) is 0 Å². The van der Waals surface area contributed by atoms with Crippen LogP contribution in [0.3, 0.4) is 0 Å². The lowest BCUT2D eigenvalue weighted by Crippen LogP contribution is -2.29. The van der Waals surface area contributed by atoms with Crippen molar-refractivity contribution in [3.63, 3.8) is 0 Å². The number of rotatable bonds is 5. The summed E-state index contributed by atoms with van der Waals surface area (Å²) in [5.74, 6) is 1.44. The second-order valence-corrected chi connectivity index (χ2v) is 2.96. The molecule has 1 unspecified atom stereocenters. The largest absolute Gasteiger partial charge is 0.497 e. The van der Waals surface area contributed by atoms with Gasteiger partial charge in [-0.15, -0.1) is 0 Å². The predicted molar refractivity (Wildman–Crippen MR) is 56.9 cm³/mol. The minimum atomic E-state index is -0.295. The first-order valence-corrected chi connectivity index (χ1v) is 4.64. The topological polar surface area (TPSA) is 54.3 Å². The van der Waals surface area contributed by atoms with E-state index in [1.54, 1.807) is 20.2 Å². The molecule has 0 fully saturated rings. The number of hydrogen-bond donors (Lipinski definition) is 1. The fourth-order valence-electron chi connectivity index (χ4n) is 1.06. The Morgan fingerprint density at radius 2 is 2.20 bits per heavy atom. The highest BCUT2D eigenvalue weighted by atomic mass is 16.5. The van der Waals surface area contributed by atoms with Gasteiger partial charge in [0.25, 0.3) is 0 Å². The molecule has 0 amide bonds. The van der Waals surface area contributed by atoms with Crippen molar-refractivity contribution in [3.05, 3.63) is 24.3 Å². The molecule has 0 radical (unpaired) electrons. The lowest BCUT2D eigenvalue weighted by atomic mass is 10.3. The molecule has 1 atom stereocenters. The summed E-state index contributed by atoms with van der Waals surface area (Å²) in [6.07, 6.45) is 0. The summed E-state index contributed by atoms with van der Waals surface area (Å²) in [7, 11) is 3.33. The van der Waals surface area contributed by atoms with Crippen LogP contribution in [0, 0.1) is 11.3 Å². The van der Waals surface area contributed by atoms with Gasteiger partial charge >= 0.3 is 0 Å². The molecule has 4 nitrogen and oxygen atoms in total. The standard InChI is InChI=1S/C11H14N2O2/c1-13-9(7-12)8-15-11-5-3-4-10(6-11)14-2/h3-6,9,13H,8H2,1-2H3. The average Bonchev–Trinajstić information content (AvgIpc) is 2.31. The van der Waals surface area contributed by atoms with Gasteiger partial charge in [-0.05, 0) is 19.2 Å². The fourth-order valence-corrected chi connectivity index (χ4v) is 1.06. The molecule has 80 valence electrons. The molecule has 0 spiro atoms. The van der Waals surface area contributed by atoms with E-state index in [0.717, 1.165) is 5.75 Å². The number of hydrogen-bond acceptors (Lipinski definition) is 4. The fraction of sp³-hybridized carbons (Fsp3) is 0.364. The van der Waals surface area contributed by atoms with Crippen molar-refractivity contribution in [1.29, 1.82) is 5.26 Å². The van der Waals surface area contributed by atoms with Crippen LogP contribution in [0.1, 0.15) is 0 Å². The number of nitrogens with zero attached hydrogens (tertiary/aromatic N) is 1. The molecule has 4 heteroatoms. The summed E-state index contributed by atoms with van der Waals surface area (Å²) in [6, 6.07) is 9.08. The molecule has 0 aromatic heterocycles. The van der Waals surface area contributed by atoms with E-state index >= 15 is 0 Å². The lowest BCUT2D eigenvalue weighted by molar-refractivity contribution is 0.293. The van der Waals surface area contributed by atoms with Crippen LogP contribution in [-0.4, -0.2) is 26.8 Å². The Balaban J connectivity index is 2.54. The third-order valence-electron chi connectivity index (χ3n) is 1.96. The van der Waals surface area contributed by atoms with Crippen LogP contribution in [0.2, 0.25) is 0 Å². The Bertz CT molecular complexity index is 347. The van der Waals surface area contributed by atoms with Crippen molar-refractivity contribution in [2.45, 2.75) is 6.04 Å². The third-order valence-corrected chi connectivity index (χ3v) is 1.96. The zero-order chi connectivity index (χ0) is 11.1. The first kappa shape index (κ1) is 11.3. The molecule has 0 saturated carbocycles. The minimum Gasteiger partial charge on any atom is -0.497 e. The summed E-state index contributed by atoms with van der Waals surface area (Å²) in [6.45, 7) is 0.320. The number of benzene rings is 1. The zero-order valence-electron chi connectivity index (χ0n) is 8.86. The van der Waals surface area contributed by atoms with Gasteiger partial charge in [0.15, 0.2) is 0 Å². The molecule has 0 aliphatic heterocycles. The number of nitriles is 1. The molecule has 1 aromatic rings. The predicted octanol–water partition coefficient (Wildman–Crippen LogP) is 1.19. The maximum Gasteiger partial charge on any atom is 0.129 e. The number of ether oxygens (including phenoxy) is 2. The van der Waals surface area contributed by atoms with E-state index in [1.807, 2.05) is 18.2 Å². The highest BCUT2D eigenvalue weighted by Gasteiger charge is 2.04. The molecule has 0 heterocycles. The lowest BCUT2D eigenvalue weighted by Gasteiger charge is -2.10. The SMILES string of the molecule is CNC(C#N)COc1cccc(OC)c1. The van der Waals surface area contributed by atoms with E-state index in [-0.39, 0.29) is 6.04 Å². The van der Waals surface area contributed by atoms with Crippen molar-refractivity contribution in [3.8, 4) is 17.6 Å². The maximum absolute atomic E-state index is 8.69. The normalized spacial score (nSPS) is 11.5. The number of nitrogens with one attached hydrogen (secondary N) is 1. The third kappa shape index (κ3) is 3.49. The summed E-state index contributed by atoms with van der Waals surface area (Å²) in [5, 5.41) is 11.5. The molecular weight excluding hydrogens is 192 g/mol. The Morgan fingerprint density at radius 3 is 2.80 bits per heavy atom. The average molecular weight is 206 g/mol. The molecular formula is C11H14N2O2. The Morgan fingerprint density at radius 1 is 1.47 bits per heavy atom. The van der Waals surface area contributed by atoms with Gasteiger partial charge in [-0.3, -0.25) is 0 Å². The van der Waals surface area contributed by atoms with E-state index in [2.05, 4.69) is 11.4 Å². The highest BCUT2D eigenvalue weighted by Crippen LogP contribution is 2.18. The van der Waals surface area contributed by atoms with E-state index in [0.29, 0.717) is 12.4 Å². The Hall–Kier alpha value is -1.73. The Labute approximate surface area is 89.4 Å². The van der Waals surface area contributed by atoms with Gasteiger partial charge in [0.05, 0.1) is 13.2 Å². The van der Waals surface area contributed by atoms with Gasteiger partial charge in [-0.2, -0.15) is 5.26 Å². The van der Waals surface area contributed by atoms with Crippen molar-refractivity contribution in [2.24, 2.45) is 0 Å². The number of methoxy groups -OCH3 is 1. The minimum absolute atomic E-state index is 0.295. The maximum atomic E-state index is 8.69. The molecule has 0 saturated heterocycles. The second-order valence-electron chi connectivity index (χ2n) is 2.96. The molecule has 15 heavy (non-hydrogen) atoms. The van der Waals surface area contributed by atoms with Crippen LogP contribution < -0.4 is 14.8 Å². The molecule has 1 N–H and O–H groups in total. The molecule has 0 bridgehead atoms. The molecule has 1 rings (SSSR count). The first-order chi connectivity index (χ1) is 7.30. The Kier molecular flexibility index (Phi) is 4.45. The quantitative estimate of drug-likeness (QED) is 0.786. The van der Waals surface area contributed by atoms with Gasteiger partial charge in [-0.25, -0.2) is 0 Å². The van der Waals surface area contributed by atoms with E-state index in [9.17, 15) is 0 Å². The van der Waals surface area contributed by atoms with Crippen LogP contribution >= 0.6 is 0 Å². The van der Waals surface area contributed by atoms with Gasteiger partial charge < -0.3 is 14.8 Å². The smallest absolute Gasteiger partial charge is 0.129 e. The van der Waals surface area contributed by atoms with Crippen LogP contribution in [0.5, 0.6) is 11.5 Å². The van der Waals surface area contributed by atoms with Crippen molar-refractivity contribution in [2.75, 3.05) is 20.8 Å². The van der Waals surface area contributed by atoms with Gasteiger partial charge in [0, 0.05) is 6.07 Å². The summed E-state index contributed by atoms with van der Waals surface area (Å²) in [5.41, 5.74) is 0. The van der Waals surface area contributed by atoms with Crippen molar-refractivity contribution >= 4 is 0 Å². The van der Waals surface area contributed by atoms with Crippen LogP contribution in [0.25, 0.3) is 0 Å². The van der Waals surface area contributed by atoms with Gasteiger partial charge in [0.2, 0.25) is 0 Å². The van der Waals surface area contributed by atoms with Gasteiger partial charge in [0.1, 0.15) is 24.1 Å². The summed E-state index contributed by atoms with van der Waals surface area (Å²) < 4.78 is 10.5. The summed E-state index contributed by atoms with van der Waals surface area (Å²) in [4.78, 5) is 0. The molecule has 1 aromatic carbocycles. The molecule has 0 aliphatic rings. The monoisotopic (exact) mass is 206 g/mol.